The second kappa shape index (κ2) is 10.5. The molecule has 1 amide bonds. The molecule has 0 aliphatic carbocycles. The number of rotatable bonds is 8. The van der Waals surface area contributed by atoms with E-state index in [0.717, 1.165) is 44.8 Å². The smallest absolute Gasteiger partial charge is 0.274 e. The number of amides is 1. The molecular weight excluding hydrogens is 434 g/mol. The highest BCUT2D eigenvalue weighted by molar-refractivity contribution is 5.93. The maximum absolute atomic E-state index is 12.7. The third-order valence-corrected chi connectivity index (χ3v) is 6.19. The van der Waals surface area contributed by atoms with Crippen LogP contribution < -0.4 is 5.32 Å². The highest BCUT2D eigenvalue weighted by atomic mass is 16.6. The Kier molecular flexibility index (Phi) is 7.29. The molecule has 0 spiro atoms. The maximum atomic E-state index is 12.7. The molecule has 0 unspecified atom stereocenters. The van der Waals surface area contributed by atoms with Gasteiger partial charge in [-0.1, -0.05) is 42.5 Å². The molecular formula is C24H29N7O3. The number of carbonyl (C=O) groups excluding carboxylic acids is 1. The van der Waals surface area contributed by atoms with E-state index in [0.29, 0.717) is 17.9 Å². The minimum absolute atomic E-state index is 0.0509. The molecule has 10 nitrogen and oxygen atoms in total. The molecule has 178 valence electrons. The fourth-order valence-electron chi connectivity index (χ4n) is 4.07. The Labute approximate surface area is 198 Å². The normalized spacial score (nSPS) is 14.8. The first-order valence-corrected chi connectivity index (χ1v) is 11.4. The molecule has 4 rings (SSSR count). The van der Waals surface area contributed by atoms with Gasteiger partial charge in [0.05, 0.1) is 16.3 Å². The highest BCUT2D eigenvalue weighted by Gasteiger charge is 2.19. The van der Waals surface area contributed by atoms with E-state index in [1.165, 1.54) is 22.4 Å². The van der Waals surface area contributed by atoms with Crippen molar-refractivity contribution in [1.29, 1.82) is 0 Å². The van der Waals surface area contributed by atoms with Gasteiger partial charge in [0.2, 0.25) is 0 Å². The van der Waals surface area contributed by atoms with Gasteiger partial charge in [-0.2, -0.15) is 0 Å². The van der Waals surface area contributed by atoms with Crippen LogP contribution in [0.3, 0.4) is 0 Å². The molecule has 0 atom stereocenters. The summed E-state index contributed by atoms with van der Waals surface area (Å²) < 4.78 is 1.43. The van der Waals surface area contributed by atoms with Crippen molar-refractivity contribution in [2.75, 3.05) is 32.7 Å². The Morgan fingerprint density at radius 3 is 2.41 bits per heavy atom. The zero-order valence-corrected chi connectivity index (χ0v) is 19.5. The lowest BCUT2D eigenvalue weighted by Gasteiger charge is -2.34. The van der Waals surface area contributed by atoms with E-state index in [-0.39, 0.29) is 17.3 Å². The second-order valence-corrected chi connectivity index (χ2v) is 8.42. The number of non-ortho nitro benzene ring substituents is 1. The van der Waals surface area contributed by atoms with Crippen LogP contribution in [-0.2, 0) is 13.1 Å². The van der Waals surface area contributed by atoms with Crippen LogP contribution in [0.1, 0.15) is 34.2 Å². The third kappa shape index (κ3) is 5.46. The first-order chi connectivity index (χ1) is 16.4. The molecule has 2 aromatic carbocycles. The van der Waals surface area contributed by atoms with Crippen LogP contribution in [0.5, 0.6) is 0 Å². The summed E-state index contributed by atoms with van der Waals surface area (Å²) in [7, 11) is 0. The number of carbonyl (C=O) groups is 1. The molecule has 0 saturated carbocycles. The lowest BCUT2D eigenvalue weighted by molar-refractivity contribution is -0.384. The van der Waals surface area contributed by atoms with Crippen molar-refractivity contribution in [1.82, 2.24) is 30.1 Å². The van der Waals surface area contributed by atoms with Crippen molar-refractivity contribution >= 4 is 11.6 Å². The van der Waals surface area contributed by atoms with Crippen LogP contribution >= 0.6 is 0 Å². The van der Waals surface area contributed by atoms with Gasteiger partial charge >= 0.3 is 0 Å². The zero-order chi connectivity index (χ0) is 24.1. The first-order valence-electron chi connectivity index (χ1n) is 11.4. The highest BCUT2D eigenvalue weighted by Crippen LogP contribution is 2.18. The number of piperazine rings is 1. The number of nitrogens with zero attached hydrogens (tertiary/aromatic N) is 6. The molecule has 1 N–H and O–H groups in total. The Bertz CT molecular complexity index is 1150. The van der Waals surface area contributed by atoms with E-state index in [1.54, 1.807) is 19.1 Å². The summed E-state index contributed by atoms with van der Waals surface area (Å²) in [6.45, 7) is 10.7. The molecule has 0 radical (unpaired) electrons. The molecule has 10 heteroatoms. The summed E-state index contributed by atoms with van der Waals surface area (Å²) in [5.74, 6) is -0.341. The van der Waals surface area contributed by atoms with Gasteiger partial charge in [0.25, 0.3) is 11.6 Å². The monoisotopic (exact) mass is 463 g/mol. The molecule has 1 aliphatic heterocycles. The summed E-state index contributed by atoms with van der Waals surface area (Å²) in [6, 6.07) is 14.3. The summed E-state index contributed by atoms with van der Waals surface area (Å²) >= 11 is 0. The molecule has 1 saturated heterocycles. The Hall–Kier alpha value is -3.63. The van der Waals surface area contributed by atoms with Crippen molar-refractivity contribution in [2.45, 2.75) is 26.9 Å². The number of hydrogen-bond acceptors (Lipinski definition) is 7. The number of nitrogens with one attached hydrogen (secondary N) is 1. The predicted molar refractivity (Wildman–Crippen MR) is 128 cm³/mol. The van der Waals surface area contributed by atoms with Crippen LogP contribution in [0.25, 0.3) is 5.69 Å². The molecule has 1 fully saturated rings. The minimum Gasteiger partial charge on any atom is -0.347 e. The number of benzene rings is 2. The van der Waals surface area contributed by atoms with Crippen LogP contribution in [0, 0.1) is 17.0 Å². The molecule has 3 aromatic rings. The lowest BCUT2D eigenvalue weighted by atomic mass is 10.1. The van der Waals surface area contributed by atoms with Crippen LogP contribution in [0.4, 0.5) is 5.69 Å². The summed E-state index contributed by atoms with van der Waals surface area (Å²) in [4.78, 5) is 28.2. The van der Waals surface area contributed by atoms with E-state index >= 15 is 0 Å². The molecule has 0 bridgehead atoms. The Morgan fingerprint density at radius 2 is 1.74 bits per heavy atom. The van der Waals surface area contributed by atoms with E-state index in [2.05, 4.69) is 44.5 Å². The average molecular weight is 464 g/mol. The summed E-state index contributed by atoms with van der Waals surface area (Å²) in [6.07, 6.45) is 0. The fraction of sp³-hybridized carbons (Fsp3) is 0.375. The van der Waals surface area contributed by atoms with Gasteiger partial charge in [0.15, 0.2) is 5.69 Å². The summed E-state index contributed by atoms with van der Waals surface area (Å²) in [5.41, 5.74) is 3.38. The molecule has 1 aliphatic rings. The number of aromatic nitrogens is 3. The maximum Gasteiger partial charge on any atom is 0.274 e. The topological polar surface area (TPSA) is 109 Å². The van der Waals surface area contributed by atoms with Gasteiger partial charge in [0, 0.05) is 51.4 Å². The van der Waals surface area contributed by atoms with Gasteiger partial charge in [0.1, 0.15) is 0 Å². The van der Waals surface area contributed by atoms with Gasteiger partial charge < -0.3 is 10.2 Å². The van der Waals surface area contributed by atoms with Crippen molar-refractivity contribution in [3.63, 3.8) is 0 Å². The number of nitro benzene ring substituents is 1. The van der Waals surface area contributed by atoms with E-state index in [4.69, 9.17) is 0 Å². The predicted octanol–water partition coefficient (Wildman–Crippen LogP) is 2.55. The number of nitro groups is 1. The molecule has 34 heavy (non-hydrogen) atoms. The Morgan fingerprint density at radius 1 is 1.06 bits per heavy atom. The zero-order valence-electron chi connectivity index (χ0n) is 19.5. The summed E-state index contributed by atoms with van der Waals surface area (Å²) in [5, 5.41) is 21.9. The van der Waals surface area contributed by atoms with Crippen LogP contribution in [0.2, 0.25) is 0 Å². The average Bonchev–Trinajstić information content (AvgIpc) is 3.25. The van der Waals surface area contributed by atoms with Crippen LogP contribution in [-0.4, -0.2) is 68.3 Å². The number of likely N-dealkylation sites (N-methyl/N-ethyl adjacent to an activating group) is 1. The Balaban J connectivity index is 1.33. The standard InChI is InChI=1S/C24H29N7O3/c1-3-28-11-13-29(14-12-28)17-20-9-7-19(8-10-20)16-25-24(32)23-18(2)30(27-26-23)21-5-4-6-22(15-21)31(33)34/h4-10,15H,3,11-14,16-17H2,1-2H3,(H,25,32). The van der Waals surface area contributed by atoms with Gasteiger partial charge in [-0.05, 0) is 30.7 Å². The van der Waals surface area contributed by atoms with Crippen molar-refractivity contribution in [3.8, 4) is 5.69 Å². The SMILES string of the molecule is CCN1CCN(Cc2ccc(CNC(=O)c3nnn(-c4cccc([N+](=O)[O-])c4)c3C)cc2)CC1. The van der Waals surface area contributed by atoms with E-state index < -0.39 is 4.92 Å². The van der Waals surface area contributed by atoms with Crippen LogP contribution in [0.15, 0.2) is 48.5 Å². The molecule has 1 aromatic heterocycles. The molecule has 2 heterocycles. The quantitative estimate of drug-likeness (QED) is 0.404. The fourth-order valence-corrected chi connectivity index (χ4v) is 4.07. The van der Waals surface area contributed by atoms with Gasteiger partial charge in [-0.15, -0.1) is 5.10 Å². The largest absolute Gasteiger partial charge is 0.347 e. The first kappa shape index (κ1) is 23.5. The van der Waals surface area contributed by atoms with Crippen molar-refractivity contribution < 1.29 is 9.72 Å². The second-order valence-electron chi connectivity index (χ2n) is 8.42. The number of hydrogen-bond donors (Lipinski definition) is 1. The minimum atomic E-state index is -0.471. The van der Waals surface area contributed by atoms with Crippen molar-refractivity contribution in [2.24, 2.45) is 0 Å². The van der Waals surface area contributed by atoms with E-state index in [1.807, 2.05) is 12.1 Å². The van der Waals surface area contributed by atoms with Crippen molar-refractivity contribution in [3.05, 3.63) is 81.2 Å². The van der Waals surface area contributed by atoms with E-state index in [9.17, 15) is 14.9 Å². The van der Waals surface area contributed by atoms with Gasteiger partial charge in [-0.3, -0.25) is 19.8 Å². The third-order valence-electron chi connectivity index (χ3n) is 6.19. The lowest BCUT2D eigenvalue weighted by Crippen LogP contribution is -2.45. The van der Waals surface area contributed by atoms with Gasteiger partial charge in [-0.25, -0.2) is 4.68 Å².